The average Bonchev–Trinajstić information content (AvgIpc) is 2.54. The van der Waals surface area contributed by atoms with E-state index in [-0.39, 0.29) is 5.91 Å². The Hall–Kier alpha value is -2.95. The fraction of sp³-hybridized carbons (Fsp3) is 0.0625. The molecular formula is C16H14N4O. The zero-order chi connectivity index (χ0) is 14.7. The Kier molecular flexibility index (Phi) is 3.47. The molecule has 0 saturated carbocycles. The van der Waals surface area contributed by atoms with Gasteiger partial charge in [0.1, 0.15) is 5.69 Å². The summed E-state index contributed by atoms with van der Waals surface area (Å²) in [5, 5.41) is 6.89. The van der Waals surface area contributed by atoms with E-state index in [0.29, 0.717) is 11.4 Å². The monoisotopic (exact) mass is 278 g/mol. The van der Waals surface area contributed by atoms with Crippen LogP contribution in [0.4, 0.5) is 11.4 Å². The van der Waals surface area contributed by atoms with Crippen LogP contribution < -0.4 is 10.6 Å². The summed E-state index contributed by atoms with van der Waals surface area (Å²) in [4.78, 5) is 20.6. The Balaban J connectivity index is 1.98. The highest BCUT2D eigenvalue weighted by Crippen LogP contribution is 2.23. The van der Waals surface area contributed by atoms with Crippen molar-refractivity contribution in [1.82, 2.24) is 9.97 Å². The minimum atomic E-state index is -0.247. The maximum absolute atomic E-state index is 12.3. The lowest BCUT2D eigenvalue weighted by Gasteiger charge is -2.09. The Labute approximate surface area is 122 Å². The zero-order valence-corrected chi connectivity index (χ0v) is 11.5. The molecule has 0 aliphatic carbocycles. The lowest BCUT2D eigenvalue weighted by Crippen LogP contribution is -2.14. The average molecular weight is 278 g/mol. The van der Waals surface area contributed by atoms with E-state index in [4.69, 9.17) is 0 Å². The number of nitrogens with one attached hydrogen (secondary N) is 2. The predicted molar refractivity (Wildman–Crippen MR) is 83.5 cm³/mol. The number of benzene rings is 1. The normalized spacial score (nSPS) is 10.3. The molecule has 2 N–H and O–H groups in total. The molecule has 104 valence electrons. The first kappa shape index (κ1) is 13.1. The number of amides is 1. The Morgan fingerprint density at radius 2 is 1.86 bits per heavy atom. The van der Waals surface area contributed by atoms with Crippen LogP contribution in [-0.2, 0) is 0 Å². The molecule has 0 bridgehead atoms. The third-order valence-corrected chi connectivity index (χ3v) is 3.16. The summed E-state index contributed by atoms with van der Waals surface area (Å²) in [5.74, 6) is -0.247. The van der Waals surface area contributed by atoms with E-state index >= 15 is 0 Å². The first-order chi connectivity index (χ1) is 10.3. The van der Waals surface area contributed by atoms with E-state index < -0.39 is 0 Å². The number of rotatable bonds is 3. The molecule has 0 atom stereocenters. The van der Waals surface area contributed by atoms with Crippen molar-refractivity contribution >= 4 is 28.2 Å². The van der Waals surface area contributed by atoms with Crippen molar-refractivity contribution in [2.45, 2.75) is 0 Å². The Morgan fingerprint density at radius 3 is 2.62 bits per heavy atom. The molecule has 5 heteroatoms. The van der Waals surface area contributed by atoms with Gasteiger partial charge in [0.05, 0.1) is 5.52 Å². The number of hydrogen-bond donors (Lipinski definition) is 2. The molecule has 0 spiro atoms. The topological polar surface area (TPSA) is 66.9 Å². The predicted octanol–water partition coefficient (Wildman–Crippen LogP) is 2.92. The van der Waals surface area contributed by atoms with Crippen LogP contribution in [0.5, 0.6) is 0 Å². The number of hydrogen-bond acceptors (Lipinski definition) is 4. The molecule has 0 fully saturated rings. The molecule has 3 rings (SSSR count). The second-order valence-electron chi connectivity index (χ2n) is 4.51. The van der Waals surface area contributed by atoms with E-state index in [9.17, 15) is 4.79 Å². The SMILES string of the molecule is CNc1cc(C(=O)Nc2ccncc2)nc2ccccc12. The highest BCUT2D eigenvalue weighted by molar-refractivity contribution is 6.06. The van der Waals surface area contributed by atoms with Gasteiger partial charge in [-0.05, 0) is 24.3 Å². The van der Waals surface area contributed by atoms with Gasteiger partial charge in [-0.2, -0.15) is 0 Å². The first-order valence-electron chi connectivity index (χ1n) is 6.57. The van der Waals surface area contributed by atoms with E-state index in [1.54, 1.807) is 30.6 Å². The summed E-state index contributed by atoms with van der Waals surface area (Å²) in [6.07, 6.45) is 3.25. The van der Waals surface area contributed by atoms with Crippen LogP contribution >= 0.6 is 0 Å². The molecule has 2 aromatic heterocycles. The second-order valence-corrected chi connectivity index (χ2v) is 4.51. The zero-order valence-electron chi connectivity index (χ0n) is 11.5. The fourth-order valence-electron chi connectivity index (χ4n) is 2.13. The van der Waals surface area contributed by atoms with Crippen LogP contribution in [-0.4, -0.2) is 22.9 Å². The smallest absolute Gasteiger partial charge is 0.274 e. The van der Waals surface area contributed by atoms with Crippen LogP contribution in [0, 0.1) is 0 Å². The van der Waals surface area contributed by atoms with Crippen LogP contribution in [0.25, 0.3) is 10.9 Å². The highest BCUT2D eigenvalue weighted by Gasteiger charge is 2.11. The number of fused-ring (bicyclic) bond motifs is 1. The van der Waals surface area contributed by atoms with E-state index in [0.717, 1.165) is 16.6 Å². The number of aromatic nitrogens is 2. The van der Waals surface area contributed by atoms with Gasteiger partial charge in [-0.3, -0.25) is 9.78 Å². The number of nitrogens with zero attached hydrogens (tertiary/aromatic N) is 2. The molecule has 5 nitrogen and oxygen atoms in total. The Morgan fingerprint density at radius 1 is 1.10 bits per heavy atom. The van der Waals surface area contributed by atoms with Crippen molar-refractivity contribution in [3.63, 3.8) is 0 Å². The largest absolute Gasteiger partial charge is 0.388 e. The third kappa shape index (κ3) is 2.67. The summed E-state index contributed by atoms with van der Waals surface area (Å²) < 4.78 is 0. The minimum absolute atomic E-state index is 0.247. The van der Waals surface area contributed by atoms with Gasteiger partial charge in [-0.15, -0.1) is 0 Å². The van der Waals surface area contributed by atoms with Crippen LogP contribution in [0.1, 0.15) is 10.5 Å². The van der Waals surface area contributed by atoms with Crippen molar-refractivity contribution in [3.05, 3.63) is 60.6 Å². The van der Waals surface area contributed by atoms with Gasteiger partial charge < -0.3 is 10.6 Å². The number of carbonyl (C=O) groups is 1. The van der Waals surface area contributed by atoms with Gasteiger partial charge in [0.25, 0.3) is 5.91 Å². The molecular weight excluding hydrogens is 264 g/mol. The molecule has 0 aliphatic rings. The molecule has 0 aliphatic heterocycles. The van der Waals surface area contributed by atoms with Crippen molar-refractivity contribution in [3.8, 4) is 0 Å². The van der Waals surface area contributed by atoms with Crippen LogP contribution in [0.15, 0.2) is 54.9 Å². The van der Waals surface area contributed by atoms with E-state index in [2.05, 4.69) is 20.6 Å². The maximum atomic E-state index is 12.3. The maximum Gasteiger partial charge on any atom is 0.274 e. The van der Waals surface area contributed by atoms with E-state index in [1.807, 2.05) is 31.3 Å². The van der Waals surface area contributed by atoms with Crippen LogP contribution in [0.3, 0.4) is 0 Å². The molecule has 0 unspecified atom stereocenters. The fourth-order valence-corrected chi connectivity index (χ4v) is 2.13. The highest BCUT2D eigenvalue weighted by atomic mass is 16.1. The van der Waals surface area contributed by atoms with Crippen LogP contribution in [0.2, 0.25) is 0 Å². The van der Waals surface area contributed by atoms with Gasteiger partial charge in [0, 0.05) is 36.2 Å². The van der Waals surface area contributed by atoms with Gasteiger partial charge in [-0.25, -0.2) is 4.98 Å². The van der Waals surface area contributed by atoms with Crippen molar-refractivity contribution in [2.75, 3.05) is 17.7 Å². The quantitative estimate of drug-likeness (QED) is 0.773. The molecule has 1 aromatic carbocycles. The summed E-state index contributed by atoms with van der Waals surface area (Å²) in [6, 6.07) is 12.9. The van der Waals surface area contributed by atoms with Crippen molar-refractivity contribution in [2.24, 2.45) is 0 Å². The third-order valence-electron chi connectivity index (χ3n) is 3.16. The second kappa shape index (κ2) is 5.58. The molecule has 2 heterocycles. The summed E-state index contributed by atoms with van der Waals surface area (Å²) in [5.41, 5.74) is 2.72. The molecule has 0 radical (unpaired) electrons. The standard InChI is InChI=1S/C16H14N4O/c1-17-14-10-15(20-13-5-3-2-4-12(13)14)16(21)19-11-6-8-18-9-7-11/h2-10H,1H3,(H,17,20)(H,18,19,21). The molecule has 21 heavy (non-hydrogen) atoms. The first-order valence-corrected chi connectivity index (χ1v) is 6.57. The molecule has 1 amide bonds. The number of anilines is 2. The van der Waals surface area contributed by atoms with Gasteiger partial charge in [0.2, 0.25) is 0 Å². The van der Waals surface area contributed by atoms with Crippen molar-refractivity contribution in [1.29, 1.82) is 0 Å². The number of para-hydroxylation sites is 1. The number of carbonyl (C=O) groups excluding carboxylic acids is 1. The lowest BCUT2D eigenvalue weighted by molar-refractivity contribution is 0.102. The lowest BCUT2D eigenvalue weighted by atomic mass is 10.1. The van der Waals surface area contributed by atoms with E-state index in [1.165, 1.54) is 0 Å². The summed E-state index contributed by atoms with van der Waals surface area (Å²) >= 11 is 0. The summed E-state index contributed by atoms with van der Waals surface area (Å²) in [6.45, 7) is 0. The number of pyridine rings is 2. The van der Waals surface area contributed by atoms with Crippen molar-refractivity contribution < 1.29 is 4.79 Å². The van der Waals surface area contributed by atoms with Gasteiger partial charge >= 0.3 is 0 Å². The minimum Gasteiger partial charge on any atom is -0.388 e. The van der Waals surface area contributed by atoms with Gasteiger partial charge in [0.15, 0.2) is 0 Å². The molecule has 3 aromatic rings. The van der Waals surface area contributed by atoms with Gasteiger partial charge in [-0.1, -0.05) is 18.2 Å². The molecule has 0 saturated heterocycles. The summed E-state index contributed by atoms with van der Waals surface area (Å²) in [7, 11) is 1.83. The Bertz CT molecular complexity index is 787.